The summed E-state index contributed by atoms with van der Waals surface area (Å²) < 4.78 is 0. The average Bonchev–Trinajstić information content (AvgIpc) is 3.02. The maximum Gasteiger partial charge on any atom is 0.227 e. The highest BCUT2D eigenvalue weighted by atomic mass is 16.2. The lowest BCUT2D eigenvalue weighted by Crippen LogP contribution is -2.34. The number of rotatable bonds is 3. The van der Waals surface area contributed by atoms with E-state index in [9.17, 15) is 4.79 Å². The van der Waals surface area contributed by atoms with E-state index in [2.05, 4.69) is 31.2 Å². The fourth-order valence-electron chi connectivity index (χ4n) is 3.76. The zero-order valence-electron chi connectivity index (χ0n) is 12.2. The summed E-state index contributed by atoms with van der Waals surface area (Å²) in [5.41, 5.74) is 8.57. The Bertz CT molecular complexity index is 500. The third-order valence-electron chi connectivity index (χ3n) is 5.02. The number of hydrogen-bond acceptors (Lipinski definition) is 2. The Kier molecular flexibility index (Phi) is 3.79. The van der Waals surface area contributed by atoms with Crippen LogP contribution in [-0.2, 0) is 17.6 Å². The first-order valence-corrected chi connectivity index (χ1v) is 7.78. The van der Waals surface area contributed by atoms with Crippen LogP contribution in [0.3, 0.4) is 0 Å². The second-order valence-electron chi connectivity index (χ2n) is 6.31. The predicted octanol–water partition coefficient (Wildman–Crippen LogP) is 1.99. The quantitative estimate of drug-likeness (QED) is 0.914. The Morgan fingerprint density at radius 2 is 2.10 bits per heavy atom. The molecule has 108 valence electrons. The Balaban J connectivity index is 1.62. The van der Waals surface area contributed by atoms with Crippen LogP contribution in [-0.4, -0.2) is 29.9 Å². The first kappa shape index (κ1) is 13.6. The summed E-state index contributed by atoms with van der Waals surface area (Å²) in [5.74, 6) is 1.46. The maximum absolute atomic E-state index is 12.4. The summed E-state index contributed by atoms with van der Waals surface area (Å²) >= 11 is 0. The second kappa shape index (κ2) is 5.57. The minimum Gasteiger partial charge on any atom is -0.342 e. The molecule has 1 aliphatic heterocycles. The van der Waals surface area contributed by atoms with Crippen LogP contribution < -0.4 is 5.73 Å². The molecule has 20 heavy (non-hydrogen) atoms. The van der Waals surface area contributed by atoms with Gasteiger partial charge in [0, 0.05) is 19.1 Å². The van der Waals surface area contributed by atoms with Crippen molar-refractivity contribution in [3.8, 4) is 0 Å². The standard InChI is InChI=1S/C17H24N2O/c1-2-12-4-3-5-13(8-12)9-17(20)19-10-14-6-7-16(18)15(14)11-19/h3-5,8,14-16H,2,6-7,9-11,18H2,1H3. The number of aryl methyl sites for hydroxylation is 1. The summed E-state index contributed by atoms with van der Waals surface area (Å²) in [6, 6.07) is 8.69. The van der Waals surface area contributed by atoms with Crippen molar-refractivity contribution in [3.63, 3.8) is 0 Å². The largest absolute Gasteiger partial charge is 0.342 e. The van der Waals surface area contributed by atoms with Crippen molar-refractivity contribution in [3.05, 3.63) is 35.4 Å². The summed E-state index contributed by atoms with van der Waals surface area (Å²) in [6.45, 7) is 3.94. The van der Waals surface area contributed by atoms with Gasteiger partial charge in [-0.2, -0.15) is 0 Å². The monoisotopic (exact) mass is 272 g/mol. The van der Waals surface area contributed by atoms with Gasteiger partial charge >= 0.3 is 0 Å². The van der Waals surface area contributed by atoms with Gasteiger partial charge in [0.05, 0.1) is 6.42 Å². The smallest absolute Gasteiger partial charge is 0.227 e. The molecule has 0 spiro atoms. The second-order valence-corrected chi connectivity index (χ2v) is 6.31. The molecular weight excluding hydrogens is 248 g/mol. The lowest BCUT2D eigenvalue weighted by atomic mass is 9.98. The topological polar surface area (TPSA) is 46.3 Å². The Morgan fingerprint density at radius 1 is 1.30 bits per heavy atom. The van der Waals surface area contributed by atoms with Crippen LogP contribution in [0.4, 0.5) is 0 Å². The molecule has 0 bridgehead atoms. The van der Waals surface area contributed by atoms with E-state index in [4.69, 9.17) is 5.73 Å². The average molecular weight is 272 g/mol. The number of benzene rings is 1. The number of nitrogens with zero attached hydrogens (tertiary/aromatic N) is 1. The molecule has 3 atom stereocenters. The predicted molar refractivity (Wildman–Crippen MR) is 80.3 cm³/mol. The summed E-state index contributed by atoms with van der Waals surface area (Å²) in [6.07, 6.45) is 3.88. The van der Waals surface area contributed by atoms with Gasteiger partial charge in [-0.1, -0.05) is 31.2 Å². The van der Waals surface area contributed by atoms with Crippen LogP contribution in [0, 0.1) is 11.8 Å². The molecule has 1 aromatic rings. The summed E-state index contributed by atoms with van der Waals surface area (Å²) in [5, 5.41) is 0. The molecule has 1 heterocycles. The molecule has 0 radical (unpaired) electrons. The minimum atomic E-state index is 0.264. The summed E-state index contributed by atoms with van der Waals surface area (Å²) in [7, 11) is 0. The third kappa shape index (κ3) is 2.59. The van der Waals surface area contributed by atoms with Crippen LogP contribution >= 0.6 is 0 Å². The fourth-order valence-corrected chi connectivity index (χ4v) is 3.76. The molecule has 3 nitrogen and oxygen atoms in total. The van der Waals surface area contributed by atoms with Gasteiger partial charge in [0.15, 0.2) is 0 Å². The molecule has 1 amide bonds. The maximum atomic E-state index is 12.4. The van der Waals surface area contributed by atoms with Gasteiger partial charge in [0.25, 0.3) is 0 Å². The van der Waals surface area contributed by atoms with Gasteiger partial charge in [-0.05, 0) is 42.2 Å². The molecule has 0 aromatic heterocycles. The van der Waals surface area contributed by atoms with E-state index in [0.717, 1.165) is 31.5 Å². The summed E-state index contributed by atoms with van der Waals surface area (Å²) in [4.78, 5) is 14.5. The van der Waals surface area contributed by atoms with Gasteiger partial charge in [-0.15, -0.1) is 0 Å². The first-order chi connectivity index (χ1) is 9.67. The number of nitrogens with two attached hydrogens (primary N) is 1. The highest BCUT2D eigenvalue weighted by Crippen LogP contribution is 2.37. The molecule has 2 N–H and O–H groups in total. The number of fused-ring (bicyclic) bond motifs is 1. The molecule has 3 unspecified atom stereocenters. The van der Waals surface area contributed by atoms with E-state index in [-0.39, 0.29) is 5.91 Å². The van der Waals surface area contributed by atoms with E-state index in [1.54, 1.807) is 0 Å². The van der Waals surface area contributed by atoms with Crippen LogP contribution in [0.15, 0.2) is 24.3 Å². The molecule has 1 aromatic carbocycles. The van der Waals surface area contributed by atoms with E-state index >= 15 is 0 Å². The minimum absolute atomic E-state index is 0.264. The molecule has 2 fully saturated rings. The molecule has 3 heteroatoms. The SMILES string of the molecule is CCc1cccc(CC(=O)N2CC3CCC(N)C3C2)c1. The van der Waals surface area contributed by atoms with E-state index < -0.39 is 0 Å². The van der Waals surface area contributed by atoms with E-state index in [1.807, 2.05) is 4.90 Å². The van der Waals surface area contributed by atoms with Crippen LogP contribution in [0.2, 0.25) is 0 Å². The van der Waals surface area contributed by atoms with Crippen LogP contribution in [0.25, 0.3) is 0 Å². The first-order valence-electron chi connectivity index (χ1n) is 7.78. The fraction of sp³-hybridized carbons (Fsp3) is 0.588. The molecule has 1 saturated heterocycles. The van der Waals surface area contributed by atoms with Gasteiger partial charge in [0.1, 0.15) is 0 Å². The zero-order chi connectivity index (χ0) is 14.1. The number of hydrogen-bond donors (Lipinski definition) is 1. The molecule has 1 saturated carbocycles. The van der Waals surface area contributed by atoms with Crippen molar-refractivity contribution in [1.29, 1.82) is 0 Å². The van der Waals surface area contributed by atoms with Crippen molar-refractivity contribution in [1.82, 2.24) is 4.90 Å². The lowest BCUT2D eigenvalue weighted by molar-refractivity contribution is -0.129. The van der Waals surface area contributed by atoms with Gasteiger partial charge in [-0.25, -0.2) is 0 Å². The Morgan fingerprint density at radius 3 is 2.85 bits per heavy atom. The van der Waals surface area contributed by atoms with Gasteiger partial charge in [0.2, 0.25) is 5.91 Å². The molecule has 2 aliphatic rings. The van der Waals surface area contributed by atoms with Crippen molar-refractivity contribution < 1.29 is 4.79 Å². The normalized spacial score (nSPS) is 28.7. The molecule has 1 aliphatic carbocycles. The number of carbonyl (C=O) groups is 1. The number of amides is 1. The Labute approximate surface area is 121 Å². The number of likely N-dealkylation sites (tertiary alicyclic amines) is 1. The van der Waals surface area contributed by atoms with Crippen molar-refractivity contribution >= 4 is 5.91 Å². The Hall–Kier alpha value is -1.35. The highest BCUT2D eigenvalue weighted by Gasteiger charge is 2.42. The van der Waals surface area contributed by atoms with Gasteiger partial charge in [-0.3, -0.25) is 4.79 Å². The number of carbonyl (C=O) groups excluding carboxylic acids is 1. The van der Waals surface area contributed by atoms with Crippen molar-refractivity contribution in [2.75, 3.05) is 13.1 Å². The van der Waals surface area contributed by atoms with Crippen LogP contribution in [0.5, 0.6) is 0 Å². The molecular formula is C17H24N2O. The molecule has 3 rings (SSSR count). The highest BCUT2D eigenvalue weighted by molar-refractivity contribution is 5.79. The van der Waals surface area contributed by atoms with Crippen LogP contribution in [0.1, 0.15) is 30.9 Å². The van der Waals surface area contributed by atoms with E-state index in [1.165, 1.54) is 12.0 Å². The van der Waals surface area contributed by atoms with Crippen molar-refractivity contribution in [2.24, 2.45) is 17.6 Å². The zero-order valence-corrected chi connectivity index (χ0v) is 12.2. The third-order valence-corrected chi connectivity index (χ3v) is 5.02. The van der Waals surface area contributed by atoms with Crippen molar-refractivity contribution in [2.45, 2.75) is 38.6 Å². The van der Waals surface area contributed by atoms with E-state index in [0.29, 0.717) is 24.3 Å². The van der Waals surface area contributed by atoms with Gasteiger partial charge < -0.3 is 10.6 Å². The lowest BCUT2D eigenvalue weighted by Gasteiger charge is -2.19.